The third-order valence-corrected chi connectivity index (χ3v) is 9.44. The van der Waals surface area contributed by atoms with Crippen molar-refractivity contribution >= 4 is 40.5 Å². The third kappa shape index (κ3) is 2.56. The van der Waals surface area contributed by atoms with E-state index in [2.05, 4.69) is 41.2 Å². The van der Waals surface area contributed by atoms with Gasteiger partial charge in [0.25, 0.3) is 0 Å². The van der Waals surface area contributed by atoms with Crippen LogP contribution in [0, 0.1) is 0 Å². The zero-order valence-corrected chi connectivity index (χ0v) is 17.3. The number of benzene rings is 2. The number of phenolic OH excluding ortho intramolecular Hbond substituents is 1. The summed E-state index contributed by atoms with van der Waals surface area (Å²) < 4.78 is 0. The zero-order chi connectivity index (χ0) is 18.5. The SMILES string of the molecule is C[Si]1(C)C2=CC(=O)C=CC2=C(c2ccccc2CBr)c2ccc(O)cc21. The molecule has 2 aromatic rings. The molecule has 26 heavy (non-hydrogen) atoms. The Balaban J connectivity index is 2.13. The first kappa shape index (κ1) is 17.3. The fraction of sp³-hybridized carbons (Fsp3) is 0.136. The molecular weight excluding hydrogens is 404 g/mol. The van der Waals surface area contributed by atoms with Crippen LogP contribution in [0.1, 0.15) is 16.7 Å². The van der Waals surface area contributed by atoms with Gasteiger partial charge in [-0.1, -0.05) is 65.4 Å². The quantitative estimate of drug-likeness (QED) is 0.565. The highest BCUT2D eigenvalue weighted by molar-refractivity contribution is 9.08. The summed E-state index contributed by atoms with van der Waals surface area (Å²) in [5.74, 6) is 0.320. The molecule has 0 saturated carbocycles. The molecule has 130 valence electrons. The number of hydrogen-bond donors (Lipinski definition) is 1. The van der Waals surface area contributed by atoms with E-state index in [1.165, 1.54) is 21.9 Å². The van der Waals surface area contributed by atoms with Crippen molar-refractivity contribution in [1.29, 1.82) is 0 Å². The van der Waals surface area contributed by atoms with Gasteiger partial charge in [0.2, 0.25) is 0 Å². The summed E-state index contributed by atoms with van der Waals surface area (Å²) in [4.78, 5) is 12.1. The number of aromatic hydroxyl groups is 1. The second-order valence-electron chi connectivity index (χ2n) is 7.23. The van der Waals surface area contributed by atoms with Crippen molar-refractivity contribution < 1.29 is 9.90 Å². The molecule has 1 aliphatic carbocycles. The fourth-order valence-corrected chi connectivity index (χ4v) is 7.54. The number of carbonyl (C=O) groups excluding carboxylic acids is 1. The second-order valence-corrected chi connectivity index (χ2v) is 12.1. The predicted molar refractivity (Wildman–Crippen MR) is 113 cm³/mol. The van der Waals surface area contributed by atoms with Crippen molar-refractivity contribution in [3.63, 3.8) is 0 Å². The standard InChI is InChI=1S/C22H19BrO2Si/c1-26(2)20-11-15(24)7-9-18(20)22(17-6-4-3-5-14(17)13-23)19-10-8-16(25)12-21(19)26/h3-12,24H,13H2,1-2H3. The molecular formula is C22H19BrO2Si. The summed E-state index contributed by atoms with van der Waals surface area (Å²) in [6.45, 7) is 4.49. The fourth-order valence-electron chi connectivity index (χ4n) is 3.99. The molecule has 0 fully saturated rings. The Bertz CT molecular complexity index is 1030. The average Bonchev–Trinajstić information content (AvgIpc) is 2.63. The molecule has 0 amide bonds. The van der Waals surface area contributed by atoms with Gasteiger partial charge in [-0.15, -0.1) is 0 Å². The number of phenols is 1. The molecule has 2 nitrogen and oxygen atoms in total. The van der Waals surface area contributed by atoms with E-state index in [-0.39, 0.29) is 11.5 Å². The van der Waals surface area contributed by atoms with Crippen molar-refractivity contribution in [1.82, 2.24) is 0 Å². The zero-order valence-electron chi connectivity index (χ0n) is 14.7. The van der Waals surface area contributed by atoms with E-state index in [4.69, 9.17) is 0 Å². The molecule has 0 aromatic heterocycles. The van der Waals surface area contributed by atoms with Gasteiger partial charge in [0.1, 0.15) is 13.8 Å². The highest BCUT2D eigenvalue weighted by Gasteiger charge is 2.40. The summed E-state index contributed by atoms with van der Waals surface area (Å²) >= 11 is 3.61. The first-order chi connectivity index (χ1) is 12.4. The molecule has 4 heteroatoms. The van der Waals surface area contributed by atoms with Gasteiger partial charge >= 0.3 is 0 Å². The normalized spacial score (nSPS) is 17.7. The summed E-state index contributed by atoms with van der Waals surface area (Å²) in [5.41, 5.74) is 5.84. The number of carbonyl (C=O) groups is 1. The van der Waals surface area contributed by atoms with E-state index >= 15 is 0 Å². The number of hydrogen-bond acceptors (Lipinski definition) is 2. The summed E-state index contributed by atoms with van der Waals surface area (Å²) in [5, 5.41) is 13.2. The Morgan fingerprint density at radius 3 is 2.58 bits per heavy atom. The third-order valence-electron chi connectivity index (χ3n) is 5.31. The summed E-state index contributed by atoms with van der Waals surface area (Å²) in [6.07, 6.45) is 5.43. The van der Waals surface area contributed by atoms with Gasteiger partial charge in [-0.3, -0.25) is 4.79 Å². The molecule has 0 bridgehead atoms. The molecule has 0 saturated heterocycles. The van der Waals surface area contributed by atoms with Gasteiger partial charge in [0, 0.05) is 5.33 Å². The monoisotopic (exact) mass is 422 g/mol. The topological polar surface area (TPSA) is 37.3 Å². The minimum Gasteiger partial charge on any atom is -0.508 e. The van der Waals surface area contributed by atoms with Crippen LogP contribution >= 0.6 is 15.9 Å². The van der Waals surface area contributed by atoms with E-state index in [9.17, 15) is 9.90 Å². The van der Waals surface area contributed by atoms with E-state index in [0.717, 1.165) is 21.7 Å². The maximum absolute atomic E-state index is 12.1. The number of ketones is 1. The smallest absolute Gasteiger partial charge is 0.178 e. The maximum atomic E-state index is 12.1. The van der Waals surface area contributed by atoms with Gasteiger partial charge in [0.15, 0.2) is 5.78 Å². The van der Waals surface area contributed by atoms with E-state index in [1.54, 1.807) is 18.2 Å². The molecule has 2 aliphatic rings. The Morgan fingerprint density at radius 2 is 1.81 bits per heavy atom. The lowest BCUT2D eigenvalue weighted by Gasteiger charge is -2.37. The first-order valence-corrected chi connectivity index (χ1v) is 12.7. The molecule has 0 spiro atoms. The molecule has 1 aliphatic heterocycles. The number of fused-ring (bicyclic) bond motifs is 2. The van der Waals surface area contributed by atoms with Crippen LogP contribution in [0.5, 0.6) is 5.75 Å². The van der Waals surface area contributed by atoms with E-state index in [1.807, 2.05) is 30.3 Å². The highest BCUT2D eigenvalue weighted by Crippen LogP contribution is 2.42. The van der Waals surface area contributed by atoms with Gasteiger partial charge in [-0.25, -0.2) is 0 Å². The van der Waals surface area contributed by atoms with Crippen molar-refractivity contribution in [2.75, 3.05) is 0 Å². The summed E-state index contributed by atoms with van der Waals surface area (Å²) in [7, 11) is -2.09. The van der Waals surface area contributed by atoms with Crippen LogP contribution in [0.4, 0.5) is 0 Å². The maximum Gasteiger partial charge on any atom is 0.178 e. The number of halogens is 1. The van der Waals surface area contributed by atoms with Crippen LogP contribution in [-0.4, -0.2) is 19.0 Å². The molecule has 1 N–H and O–H groups in total. The van der Waals surface area contributed by atoms with Gasteiger partial charge in [0.05, 0.1) is 0 Å². The minimum atomic E-state index is -2.09. The van der Waals surface area contributed by atoms with Crippen molar-refractivity contribution in [3.05, 3.63) is 88.2 Å². The highest BCUT2D eigenvalue weighted by atomic mass is 79.9. The Labute approximate surface area is 162 Å². The van der Waals surface area contributed by atoms with Gasteiger partial charge in [-0.2, -0.15) is 0 Å². The molecule has 0 radical (unpaired) electrons. The van der Waals surface area contributed by atoms with E-state index in [0.29, 0.717) is 0 Å². The molecule has 2 aromatic carbocycles. The lowest BCUT2D eigenvalue weighted by Crippen LogP contribution is -2.49. The van der Waals surface area contributed by atoms with Crippen molar-refractivity contribution in [2.45, 2.75) is 18.4 Å². The first-order valence-electron chi connectivity index (χ1n) is 8.60. The van der Waals surface area contributed by atoms with Crippen molar-refractivity contribution in [2.24, 2.45) is 0 Å². The molecule has 4 rings (SSSR count). The predicted octanol–water partition coefficient (Wildman–Crippen LogP) is 4.62. The lowest BCUT2D eigenvalue weighted by atomic mass is 9.88. The van der Waals surface area contributed by atoms with Crippen LogP contribution in [0.2, 0.25) is 13.1 Å². The van der Waals surface area contributed by atoms with Gasteiger partial charge in [-0.05, 0) is 62.5 Å². The Kier molecular flexibility index (Phi) is 4.12. The Morgan fingerprint density at radius 1 is 1.04 bits per heavy atom. The molecule has 0 unspecified atom stereocenters. The van der Waals surface area contributed by atoms with Gasteiger partial charge < -0.3 is 5.11 Å². The van der Waals surface area contributed by atoms with Crippen LogP contribution in [0.15, 0.2) is 71.5 Å². The van der Waals surface area contributed by atoms with E-state index < -0.39 is 8.07 Å². The van der Waals surface area contributed by atoms with Crippen LogP contribution in [-0.2, 0) is 10.1 Å². The Hall–Kier alpha value is -2.17. The van der Waals surface area contributed by atoms with Crippen LogP contribution in [0.25, 0.3) is 5.57 Å². The minimum absolute atomic E-state index is 0.0426. The molecule has 1 heterocycles. The number of allylic oxidation sites excluding steroid dienone is 5. The summed E-state index contributed by atoms with van der Waals surface area (Å²) in [6, 6.07) is 14.0. The largest absolute Gasteiger partial charge is 0.508 e. The lowest BCUT2D eigenvalue weighted by molar-refractivity contribution is -0.110. The second kappa shape index (κ2) is 6.22. The number of alkyl halides is 1. The number of rotatable bonds is 2. The van der Waals surface area contributed by atoms with Crippen LogP contribution in [0.3, 0.4) is 0 Å². The average molecular weight is 423 g/mol. The van der Waals surface area contributed by atoms with Crippen LogP contribution < -0.4 is 5.19 Å². The van der Waals surface area contributed by atoms with Crippen molar-refractivity contribution in [3.8, 4) is 5.75 Å². The molecule has 0 atom stereocenters.